The highest BCUT2D eigenvalue weighted by atomic mass is 14.5. The predicted octanol–water partition coefficient (Wildman–Crippen LogP) is 25.7. The Morgan fingerprint density at radius 3 is 0.835 bits per heavy atom. The third kappa shape index (κ3) is 25.5. The Bertz CT molecular complexity index is 1950. The summed E-state index contributed by atoms with van der Waals surface area (Å²) in [6.45, 7) is 49.3. The van der Waals surface area contributed by atoms with E-state index in [4.69, 9.17) is 0 Å². The summed E-state index contributed by atoms with van der Waals surface area (Å²) < 4.78 is 0. The zero-order chi connectivity index (χ0) is 59.9. The smallest absolute Gasteiger partial charge is 0 e. The molecule has 6 radical (unpaired) electrons. The first-order valence-electron chi connectivity index (χ1n) is 36.0. The molecule has 2 heteroatoms. The molecule has 0 heterocycles. The molecule has 0 amide bonds. The molecule has 19 atom stereocenters. The van der Waals surface area contributed by atoms with Crippen LogP contribution < -0.4 is 0 Å². The maximum absolute atomic E-state index is 2.62. The van der Waals surface area contributed by atoms with Crippen LogP contribution in [-0.4, -0.2) is 16.8 Å². The largest absolute Gasteiger partial charge is 0.0776 e. The van der Waals surface area contributed by atoms with Crippen LogP contribution in [0.3, 0.4) is 0 Å². The van der Waals surface area contributed by atoms with E-state index in [2.05, 4.69) is 177 Å². The highest BCUT2D eigenvalue weighted by molar-refractivity contribution is 5.76. The summed E-state index contributed by atoms with van der Waals surface area (Å²) in [5.74, 6) is 20.6. The molecule has 3 aromatic rings. The van der Waals surface area contributed by atoms with Crippen LogP contribution in [0.2, 0.25) is 0 Å². The van der Waals surface area contributed by atoms with Crippen molar-refractivity contribution >= 4 is 16.8 Å². The third-order valence-corrected chi connectivity index (χ3v) is 24.8. The van der Waals surface area contributed by atoms with Gasteiger partial charge in [-0.3, -0.25) is 0 Å². The van der Waals surface area contributed by atoms with Crippen molar-refractivity contribution < 1.29 is 0 Å². The van der Waals surface area contributed by atoms with Gasteiger partial charge >= 0.3 is 0 Å². The van der Waals surface area contributed by atoms with Crippen LogP contribution in [-0.2, 0) is 12.8 Å². The van der Waals surface area contributed by atoms with Crippen LogP contribution in [0.25, 0.3) is 0 Å². The molecule has 0 spiro atoms. The Balaban J connectivity index is 0.00000117. The lowest BCUT2D eigenvalue weighted by Gasteiger charge is -2.47. The van der Waals surface area contributed by atoms with Gasteiger partial charge in [-0.2, -0.15) is 0 Å². The van der Waals surface area contributed by atoms with Gasteiger partial charge in [0.05, 0.1) is 0 Å². The normalized spacial score (nSPS) is 34.9. The van der Waals surface area contributed by atoms with E-state index in [1.807, 2.05) is 41.5 Å². The van der Waals surface area contributed by atoms with Crippen molar-refractivity contribution in [1.29, 1.82) is 0 Å². The van der Waals surface area contributed by atoms with Gasteiger partial charge in [-0.25, -0.2) is 0 Å². The molecule has 9 rings (SSSR count). The van der Waals surface area contributed by atoms with Gasteiger partial charge in [0.2, 0.25) is 0 Å². The number of rotatable bonds is 12. The second kappa shape index (κ2) is 42.7. The van der Waals surface area contributed by atoms with Crippen LogP contribution in [0.4, 0.5) is 0 Å². The van der Waals surface area contributed by atoms with Gasteiger partial charge in [-0.1, -0.05) is 282 Å². The summed E-state index contributed by atoms with van der Waals surface area (Å²) in [6.07, 6.45) is 30.9. The predicted molar refractivity (Wildman–Crippen MR) is 388 cm³/mol. The highest BCUT2D eigenvalue weighted by Crippen LogP contribution is 2.51. The molecule has 0 N–H and O–H groups in total. The Labute approximate surface area is 539 Å². The van der Waals surface area contributed by atoms with Gasteiger partial charge in [0.1, 0.15) is 0 Å². The second-order valence-electron chi connectivity index (χ2n) is 29.5. The van der Waals surface area contributed by atoms with Crippen LogP contribution >= 0.6 is 0 Å². The third-order valence-electron chi connectivity index (χ3n) is 24.8. The average molecular weight is 1170 g/mol. The summed E-state index contributed by atoms with van der Waals surface area (Å²) in [6, 6.07) is 26.6. The van der Waals surface area contributed by atoms with Gasteiger partial charge in [0, 0.05) is 16.8 Å². The molecule has 6 aliphatic carbocycles. The number of hydrogen-bond donors (Lipinski definition) is 0. The SMILES string of the molecule is C.C.CC.CC.CC.CC1CCC(CC2CCC(CC3CCC(C)C(C)C3)C(C)C2C)CC1.CC1CCC(CC2CCC(CC3CCC(C)C(C)C3C)C(C)C2C)C(C)C1C.Cc1ccc(Cc2ccc(Cc3ccc(C)cc3)cc2)cc1.[B].[B]. The molecule has 19 unspecified atom stereocenters. The minimum Gasteiger partial charge on any atom is -0.0776 e. The first kappa shape index (κ1) is 82.8. The quantitative estimate of drug-likeness (QED) is 0.159. The van der Waals surface area contributed by atoms with Crippen LogP contribution in [0.5, 0.6) is 0 Å². The number of hydrogen-bond acceptors (Lipinski definition) is 0. The molecule has 6 fully saturated rings. The van der Waals surface area contributed by atoms with E-state index in [0.29, 0.717) is 0 Å². The van der Waals surface area contributed by atoms with E-state index >= 15 is 0 Å². The molecular formula is C83H146B2. The number of benzene rings is 3. The highest BCUT2D eigenvalue weighted by Gasteiger charge is 2.42. The monoisotopic (exact) mass is 1170 g/mol. The van der Waals surface area contributed by atoms with Crippen molar-refractivity contribution in [2.24, 2.45) is 124 Å². The fourth-order valence-electron chi connectivity index (χ4n) is 17.3. The zero-order valence-corrected chi connectivity index (χ0v) is 59.1. The van der Waals surface area contributed by atoms with Crippen LogP contribution in [0, 0.1) is 138 Å². The lowest BCUT2D eigenvalue weighted by atomic mass is 9.59. The Morgan fingerprint density at radius 1 is 0.271 bits per heavy atom. The minimum absolute atomic E-state index is 0. The fourth-order valence-corrected chi connectivity index (χ4v) is 17.3. The molecule has 484 valence electrons. The molecule has 0 nitrogen and oxygen atoms in total. The minimum atomic E-state index is 0. The molecule has 3 aromatic carbocycles. The standard InChI is InChI=1S/C28H52.C25H46.C22H22.3C2H6.2CH4.2B/c1-17-9-11-25(21(5)19(17)3)15-27-13-14-28(24(8)23(27)7)16-26-12-10-18(2)20(4)22(26)6;1-17-6-9-22(10-7-17)15-24-12-13-25(21(5)20(24)4)16-23-11-8-18(2)19(3)14-23;1-17-3-7-19(8-4-17)15-21-11-13-22(14-12-21)16-20-9-5-18(2)6-10-20;3*1-2;;;;/h17-28H,9-16H2,1-8H3;17-25H,6-16H2,1-5H3;3-14H,15-16H2,1-2H3;3*1-2H3;2*1H4;;. The lowest BCUT2D eigenvalue weighted by Crippen LogP contribution is -2.38. The van der Waals surface area contributed by atoms with E-state index in [1.54, 1.807) is 25.7 Å². The maximum atomic E-state index is 2.62. The first-order valence-corrected chi connectivity index (χ1v) is 36.0. The van der Waals surface area contributed by atoms with Crippen molar-refractivity contribution in [3.05, 3.63) is 106 Å². The molecular weight excluding hydrogens is 1020 g/mol. The van der Waals surface area contributed by atoms with Crippen molar-refractivity contribution in [3.63, 3.8) is 0 Å². The molecule has 85 heavy (non-hydrogen) atoms. The molecule has 0 aromatic heterocycles. The summed E-state index contributed by atoms with van der Waals surface area (Å²) in [5, 5.41) is 0. The van der Waals surface area contributed by atoms with Crippen molar-refractivity contribution in [2.45, 2.75) is 295 Å². The van der Waals surface area contributed by atoms with Gasteiger partial charge in [0.25, 0.3) is 0 Å². The molecule has 0 saturated heterocycles. The second-order valence-corrected chi connectivity index (χ2v) is 29.5. The van der Waals surface area contributed by atoms with Gasteiger partial charge < -0.3 is 0 Å². The van der Waals surface area contributed by atoms with Crippen LogP contribution in [0.15, 0.2) is 72.8 Å². The van der Waals surface area contributed by atoms with E-state index in [1.165, 1.54) is 130 Å². The molecule has 6 saturated carbocycles. The zero-order valence-electron chi connectivity index (χ0n) is 59.1. The van der Waals surface area contributed by atoms with Crippen molar-refractivity contribution in [2.75, 3.05) is 0 Å². The van der Waals surface area contributed by atoms with E-state index in [-0.39, 0.29) is 31.7 Å². The summed E-state index contributed by atoms with van der Waals surface area (Å²) in [5.41, 5.74) is 8.12. The van der Waals surface area contributed by atoms with E-state index in [9.17, 15) is 0 Å². The Kier molecular flexibility index (Phi) is 41.6. The molecule has 0 aliphatic heterocycles. The van der Waals surface area contributed by atoms with Gasteiger partial charge in [-0.05, 0) is 244 Å². The summed E-state index contributed by atoms with van der Waals surface area (Å²) in [4.78, 5) is 0. The topological polar surface area (TPSA) is 0 Å². The van der Waals surface area contributed by atoms with Gasteiger partial charge in [0.15, 0.2) is 0 Å². The summed E-state index contributed by atoms with van der Waals surface area (Å²) >= 11 is 0. The molecule has 6 aliphatic rings. The summed E-state index contributed by atoms with van der Waals surface area (Å²) in [7, 11) is 0. The fraction of sp³-hybridized carbons (Fsp3) is 0.783. The Hall–Kier alpha value is -2.21. The van der Waals surface area contributed by atoms with Crippen molar-refractivity contribution in [1.82, 2.24) is 0 Å². The Morgan fingerprint density at radius 2 is 0.518 bits per heavy atom. The number of aryl methyl sites for hydroxylation is 2. The first-order chi connectivity index (χ1) is 38.8. The average Bonchev–Trinajstić information content (AvgIpc) is 3.69. The molecule has 0 bridgehead atoms. The maximum Gasteiger partial charge on any atom is 0 e. The van der Waals surface area contributed by atoms with E-state index in [0.717, 1.165) is 137 Å². The van der Waals surface area contributed by atoms with Crippen molar-refractivity contribution in [3.8, 4) is 0 Å². The lowest BCUT2D eigenvalue weighted by molar-refractivity contribution is 0.0318. The van der Waals surface area contributed by atoms with E-state index < -0.39 is 0 Å². The van der Waals surface area contributed by atoms with Gasteiger partial charge in [-0.15, -0.1) is 0 Å². The van der Waals surface area contributed by atoms with Crippen LogP contribution in [0.1, 0.15) is 302 Å².